The Morgan fingerprint density at radius 3 is 2.36 bits per heavy atom. The van der Waals surface area contributed by atoms with Crippen molar-refractivity contribution in [1.82, 2.24) is 19.7 Å². The fraction of sp³-hybridized carbons (Fsp3) is 0.423. The molecule has 0 unspecified atom stereocenters. The smallest absolute Gasteiger partial charge is 0.327 e. The predicted octanol–water partition coefficient (Wildman–Crippen LogP) is 2.63. The van der Waals surface area contributed by atoms with Crippen molar-refractivity contribution < 1.29 is 14.7 Å². The van der Waals surface area contributed by atoms with Gasteiger partial charge in [0.25, 0.3) is 5.91 Å². The lowest BCUT2D eigenvalue weighted by Crippen LogP contribution is -2.55. The Labute approximate surface area is 195 Å². The average molecular weight is 447 g/mol. The number of urea groups is 1. The summed E-state index contributed by atoms with van der Waals surface area (Å²) in [6, 6.07) is 11.5. The molecule has 3 heterocycles. The summed E-state index contributed by atoms with van der Waals surface area (Å²) in [5.41, 5.74) is 1.11. The fourth-order valence-corrected chi connectivity index (χ4v) is 4.47. The van der Waals surface area contributed by atoms with Gasteiger partial charge in [0.05, 0.1) is 6.54 Å². The SMILES string of the molecule is CN1C(=O)N(Cc2cccnc2)C(=O)C12CCN(Cc1ccc(C#CC(C)(C)O)cc1)CC2. The molecule has 0 aliphatic carbocycles. The number of pyridine rings is 1. The van der Waals surface area contributed by atoms with E-state index in [2.05, 4.69) is 21.7 Å². The summed E-state index contributed by atoms with van der Waals surface area (Å²) in [5, 5.41) is 9.75. The van der Waals surface area contributed by atoms with Crippen LogP contribution in [0.25, 0.3) is 0 Å². The fourth-order valence-electron chi connectivity index (χ4n) is 4.47. The maximum absolute atomic E-state index is 13.3. The van der Waals surface area contributed by atoms with Gasteiger partial charge in [0.2, 0.25) is 0 Å². The molecule has 1 aromatic heterocycles. The summed E-state index contributed by atoms with van der Waals surface area (Å²) in [6.07, 6.45) is 4.60. The van der Waals surface area contributed by atoms with E-state index < -0.39 is 11.1 Å². The van der Waals surface area contributed by atoms with Crippen LogP contribution in [-0.2, 0) is 17.9 Å². The number of nitrogens with zero attached hydrogens (tertiary/aromatic N) is 4. The van der Waals surface area contributed by atoms with Crippen molar-refractivity contribution in [3.8, 4) is 11.8 Å². The summed E-state index contributed by atoms with van der Waals surface area (Å²) in [6.45, 7) is 5.84. The normalized spacial score (nSPS) is 18.5. The number of aromatic nitrogens is 1. The van der Waals surface area contributed by atoms with Gasteiger partial charge in [0.15, 0.2) is 0 Å². The highest BCUT2D eigenvalue weighted by Crippen LogP contribution is 2.37. The Kier molecular flexibility index (Phi) is 6.24. The summed E-state index contributed by atoms with van der Waals surface area (Å²) in [5.74, 6) is 5.70. The molecule has 2 aliphatic rings. The van der Waals surface area contributed by atoms with Crippen molar-refractivity contribution in [2.45, 2.75) is 50.9 Å². The quantitative estimate of drug-likeness (QED) is 0.577. The van der Waals surface area contributed by atoms with Gasteiger partial charge in [-0.05, 0) is 56.0 Å². The number of benzene rings is 1. The van der Waals surface area contributed by atoms with Gasteiger partial charge in [-0.25, -0.2) is 4.79 Å². The second-order valence-corrected chi connectivity index (χ2v) is 9.41. The van der Waals surface area contributed by atoms with E-state index in [4.69, 9.17) is 0 Å². The van der Waals surface area contributed by atoms with Gasteiger partial charge in [-0.2, -0.15) is 0 Å². The van der Waals surface area contributed by atoms with Crippen molar-refractivity contribution in [3.05, 3.63) is 65.5 Å². The minimum atomic E-state index is -1.01. The second kappa shape index (κ2) is 8.97. The zero-order chi connectivity index (χ0) is 23.6. The minimum Gasteiger partial charge on any atom is -0.378 e. The van der Waals surface area contributed by atoms with E-state index >= 15 is 0 Å². The number of likely N-dealkylation sites (tertiary alicyclic amines) is 1. The number of hydrogen-bond acceptors (Lipinski definition) is 5. The zero-order valence-electron chi connectivity index (χ0n) is 19.4. The molecule has 4 rings (SSSR count). The minimum absolute atomic E-state index is 0.103. The van der Waals surface area contributed by atoms with E-state index in [1.807, 2.05) is 36.4 Å². The highest BCUT2D eigenvalue weighted by atomic mass is 16.3. The standard InChI is InChI=1S/C26H30N4O3/c1-25(2,33)11-10-20-6-8-21(9-7-20)18-29-15-12-26(13-16-29)23(31)30(24(32)28(26)3)19-22-5-4-14-27-17-22/h4-9,14,17,33H,12-13,15-16,18-19H2,1-3H3. The summed E-state index contributed by atoms with van der Waals surface area (Å²) in [4.78, 5) is 35.6. The van der Waals surface area contributed by atoms with Crippen LogP contribution in [0.15, 0.2) is 48.8 Å². The number of likely N-dealkylation sites (N-methyl/N-ethyl adjacent to an activating group) is 1. The molecule has 0 radical (unpaired) electrons. The van der Waals surface area contributed by atoms with Crippen LogP contribution in [0.5, 0.6) is 0 Å². The van der Waals surface area contributed by atoms with Crippen LogP contribution < -0.4 is 0 Å². The topological polar surface area (TPSA) is 77.0 Å². The highest BCUT2D eigenvalue weighted by molar-refractivity contribution is 6.06. The van der Waals surface area contributed by atoms with Crippen molar-refractivity contribution >= 4 is 11.9 Å². The lowest BCUT2D eigenvalue weighted by molar-refractivity contribution is -0.135. The molecule has 0 saturated carbocycles. The first-order valence-corrected chi connectivity index (χ1v) is 11.2. The second-order valence-electron chi connectivity index (χ2n) is 9.41. The number of aliphatic hydroxyl groups is 1. The Morgan fingerprint density at radius 2 is 1.76 bits per heavy atom. The van der Waals surface area contributed by atoms with Crippen molar-refractivity contribution in [2.24, 2.45) is 0 Å². The molecule has 7 nitrogen and oxygen atoms in total. The van der Waals surface area contributed by atoms with Gasteiger partial charge in [-0.1, -0.05) is 30.0 Å². The number of hydrogen-bond donors (Lipinski definition) is 1. The monoisotopic (exact) mass is 446 g/mol. The third kappa shape index (κ3) is 4.92. The molecule has 0 bridgehead atoms. The van der Waals surface area contributed by atoms with Gasteiger partial charge in [0, 0.05) is 44.6 Å². The predicted molar refractivity (Wildman–Crippen MR) is 125 cm³/mol. The number of piperidine rings is 1. The average Bonchev–Trinajstić information content (AvgIpc) is 2.96. The number of carbonyl (C=O) groups is 2. The first-order valence-electron chi connectivity index (χ1n) is 11.2. The van der Waals surface area contributed by atoms with E-state index in [-0.39, 0.29) is 18.5 Å². The first kappa shape index (κ1) is 23.0. The molecule has 1 aromatic carbocycles. The molecule has 2 aliphatic heterocycles. The van der Waals surface area contributed by atoms with E-state index in [1.165, 1.54) is 10.5 Å². The van der Waals surface area contributed by atoms with Gasteiger partial charge in [-0.3, -0.25) is 19.6 Å². The third-order valence-electron chi connectivity index (χ3n) is 6.42. The molecule has 2 aromatic rings. The lowest BCUT2D eigenvalue weighted by atomic mass is 9.86. The van der Waals surface area contributed by atoms with Crippen LogP contribution in [0.4, 0.5) is 4.79 Å². The van der Waals surface area contributed by atoms with E-state index in [9.17, 15) is 14.7 Å². The van der Waals surface area contributed by atoms with Crippen LogP contribution in [0.1, 0.15) is 43.4 Å². The van der Waals surface area contributed by atoms with Crippen LogP contribution in [0.2, 0.25) is 0 Å². The maximum atomic E-state index is 13.3. The number of imide groups is 1. The molecule has 2 fully saturated rings. The van der Waals surface area contributed by atoms with Gasteiger partial charge in [0.1, 0.15) is 11.1 Å². The van der Waals surface area contributed by atoms with Gasteiger partial charge < -0.3 is 10.0 Å². The van der Waals surface area contributed by atoms with Gasteiger partial charge >= 0.3 is 6.03 Å². The van der Waals surface area contributed by atoms with Crippen molar-refractivity contribution in [1.29, 1.82) is 0 Å². The molecule has 3 amide bonds. The molecule has 172 valence electrons. The van der Waals surface area contributed by atoms with Crippen LogP contribution in [0, 0.1) is 11.8 Å². The van der Waals surface area contributed by atoms with Crippen LogP contribution in [0.3, 0.4) is 0 Å². The Bertz CT molecular complexity index is 1070. The summed E-state index contributed by atoms with van der Waals surface area (Å²) >= 11 is 0. The zero-order valence-corrected chi connectivity index (χ0v) is 19.4. The Balaban J connectivity index is 1.38. The largest absolute Gasteiger partial charge is 0.378 e. The van der Waals surface area contributed by atoms with Crippen molar-refractivity contribution in [2.75, 3.05) is 20.1 Å². The Morgan fingerprint density at radius 1 is 1.06 bits per heavy atom. The molecule has 33 heavy (non-hydrogen) atoms. The number of amides is 3. The lowest BCUT2D eigenvalue weighted by Gasteiger charge is -2.40. The Hall–Kier alpha value is -3.21. The van der Waals surface area contributed by atoms with E-state index in [0.29, 0.717) is 12.8 Å². The molecule has 2 saturated heterocycles. The first-order chi connectivity index (χ1) is 15.7. The molecule has 7 heteroatoms. The number of carbonyl (C=O) groups excluding carboxylic acids is 2. The molecule has 1 spiro atoms. The highest BCUT2D eigenvalue weighted by Gasteiger charge is 2.56. The molecule has 0 atom stereocenters. The van der Waals surface area contributed by atoms with Crippen LogP contribution >= 0.6 is 0 Å². The van der Waals surface area contributed by atoms with E-state index in [0.717, 1.165) is 30.8 Å². The van der Waals surface area contributed by atoms with Crippen LogP contribution in [-0.4, -0.2) is 68.0 Å². The maximum Gasteiger partial charge on any atom is 0.327 e. The summed E-state index contributed by atoms with van der Waals surface area (Å²) < 4.78 is 0. The van der Waals surface area contributed by atoms with Gasteiger partial charge in [-0.15, -0.1) is 0 Å². The summed E-state index contributed by atoms with van der Waals surface area (Å²) in [7, 11) is 1.74. The third-order valence-corrected chi connectivity index (χ3v) is 6.42. The van der Waals surface area contributed by atoms with Crippen molar-refractivity contribution in [3.63, 3.8) is 0 Å². The molecular formula is C26H30N4O3. The molecular weight excluding hydrogens is 416 g/mol. The molecule has 1 N–H and O–H groups in total. The number of rotatable bonds is 4. The van der Waals surface area contributed by atoms with E-state index in [1.54, 1.807) is 38.2 Å².